The molecule has 5 nitrogen and oxygen atoms in total. The molecule has 0 saturated carbocycles. The van der Waals surface area contributed by atoms with Crippen molar-refractivity contribution in [3.05, 3.63) is 35.9 Å². The Labute approximate surface area is 149 Å². The number of halogens is 1. The molecule has 136 valence electrons. The predicted octanol–water partition coefficient (Wildman–Crippen LogP) is 3.32. The lowest BCUT2D eigenvalue weighted by molar-refractivity contribution is -0.115. The maximum absolute atomic E-state index is 11.8. The number of nitrogens with one attached hydrogen (secondary N) is 1. The van der Waals surface area contributed by atoms with Crippen LogP contribution in [-0.4, -0.2) is 40.6 Å². The number of amides is 1. The van der Waals surface area contributed by atoms with Gasteiger partial charge in [-0.3, -0.25) is 0 Å². The number of aliphatic hydroxyl groups excluding tert-OH is 1. The third kappa shape index (κ3) is 11.9. The molecule has 2 atom stereocenters. The van der Waals surface area contributed by atoms with Gasteiger partial charge < -0.3 is 20.0 Å². The maximum atomic E-state index is 11.8. The largest absolute Gasteiger partial charge is 0.444 e. The smallest absolute Gasteiger partial charge is 0.407 e. The molecule has 0 radical (unpaired) electrons. The normalized spacial score (nSPS) is 13.1. The van der Waals surface area contributed by atoms with Gasteiger partial charge in [0.2, 0.25) is 0 Å². The Hall–Kier alpha value is -1.59. The number of ether oxygens (including phenoxy) is 1. The van der Waals surface area contributed by atoms with Gasteiger partial charge in [-0.1, -0.05) is 30.3 Å². The zero-order valence-electron chi connectivity index (χ0n) is 15.0. The number of Topliss-reactive ketones (excluding diaryl/α,β-unsaturated/α-hetero) is 1. The first-order valence-electron chi connectivity index (χ1n) is 7.79. The van der Waals surface area contributed by atoms with Crippen LogP contribution in [0.1, 0.15) is 40.2 Å². The molecule has 0 aromatic heterocycles. The first kappa shape index (κ1) is 22.4. The fraction of sp³-hybridized carbons (Fsp3) is 0.556. The second kappa shape index (κ2) is 11.0. The summed E-state index contributed by atoms with van der Waals surface area (Å²) in [6.07, 6.45) is -0.888. The Morgan fingerprint density at radius 1 is 1.21 bits per heavy atom. The molecule has 0 heterocycles. The van der Waals surface area contributed by atoms with Gasteiger partial charge in [-0.2, -0.15) is 0 Å². The molecule has 1 aromatic carbocycles. The summed E-state index contributed by atoms with van der Waals surface area (Å²) in [5.74, 6) is 0.216. The summed E-state index contributed by atoms with van der Waals surface area (Å²) in [6.45, 7) is 8.42. The minimum absolute atomic E-state index is 0.0489. The third-order valence-electron chi connectivity index (χ3n) is 2.62. The Morgan fingerprint density at radius 3 is 2.12 bits per heavy atom. The number of rotatable bonds is 5. The second-order valence-corrected chi connectivity index (χ2v) is 6.88. The van der Waals surface area contributed by atoms with Crippen LogP contribution >= 0.6 is 11.6 Å². The van der Waals surface area contributed by atoms with E-state index in [1.165, 1.54) is 13.8 Å². The lowest BCUT2D eigenvalue weighted by Gasteiger charge is -2.26. The molecule has 0 unspecified atom stereocenters. The van der Waals surface area contributed by atoms with Gasteiger partial charge in [0, 0.05) is 0 Å². The average molecular weight is 358 g/mol. The molecule has 0 spiro atoms. The molecule has 0 aliphatic carbocycles. The molecule has 0 aliphatic heterocycles. The van der Waals surface area contributed by atoms with Crippen LogP contribution in [0.2, 0.25) is 0 Å². The van der Waals surface area contributed by atoms with E-state index in [0.717, 1.165) is 5.56 Å². The van der Waals surface area contributed by atoms with Crippen LogP contribution in [0.4, 0.5) is 4.79 Å². The van der Waals surface area contributed by atoms with E-state index in [2.05, 4.69) is 5.32 Å². The van der Waals surface area contributed by atoms with Gasteiger partial charge >= 0.3 is 6.09 Å². The summed E-state index contributed by atoms with van der Waals surface area (Å²) in [4.78, 5) is 21.2. The highest BCUT2D eigenvalue weighted by atomic mass is 35.5. The molecule has 0 bridgehead atoms. The van der Waals surface area contributed by atoms with Crippen LogP contribution in [0.15, 0.2) is 30.3 Å². The minimum atomic E-state index is -0.829. The van der Waals surface area contributed by atoms with E-state index in [4.69, 9.17) is 16.3 Å². The molecule has 2 N–H and O–H groups in total. The SMILES string of the molecule is CC(C)(C)OC(=O)N[C@@H](Cc1ccccc1)[C@@H](O)CCl.CC(C)=O. The van der Waals surface area contributed by atoms with Crippen molar-refractivity contribution in [2.24, 2.45) is 0 Å². The van der Waals surface area contributed by atoms with Gasteiger partial charge in [0.25, 0.3) is 0 Å². The molecule has 0 aliphatic rings. The molecule has 24 heavy (non-hydrogen) atoms. The topological polar surface area (TPSA) is 75.6 Å². The molecule has 6 heteroatoms. The lowest BCUT2D eigenvalue weighted by atomic mass is 10.0. The first-order chi connectivity index (χ1) is 11.0. The average Bonchev–Trinajstić information content (AvgIpc) is 2.44. The van der Waals surface area contributed by atoms with Crippen molar-refractivity contribution in [1.82, 2.24) is 5.32 Å². The Kier molecular flexibility index (Phi) is 10.3. The van der Waals surface area contributed by atoms with Crippen molar-refractivity contribution in [2.75, 3.05) is 5.88 Å². The maximum Gasteiger partial charge on any atom is 0.407 e. The van der Waals surface area contributed by atoms with Crippen LogP contribution in [0.5, 0.6) is 0 Å². The van der Waals surface area contributed by atoms with Crippen molar-refractivity contribution < 1.29 is 19.4 Å². The number of aliphatic hydroxyl groups is 1. The highest BCUT2D eigenvalue weighted by Crippen LogP contribution is 2.10. The van der Waals surface area contributed by atoms with Crippen molar-refractivity contribution >= 4 is 23.5 Å². The summed E-state index contributed by atoms with van der Waals surface area (Å²) in [5.41, 5.74) is 0.436. The van der Waals surface area contributed by atoms with Gasteiger partial charge in [0.1, 0.15) is 11.4 Å². The number of carbonyl (C=O) groups excluding carboxylic acids is 2. The zero-order chi connectivity index (χ0) is 18.8. The van der Waals surface area contributed by atoms with E-state index in [0.29, 0.717) is 6.42 Å². The van der Waals surface area contributed by atoms with Crippen LogP contribution in [-0.2, 0) is 16.0 Å². The number of hydrogen-bond acceptors (Lipinski definition) is 4. The predicted molar refractivity (Wildman–Crippen MR) is 96.4 cm³/mol. The van der Waals surface area contributed by atoms with E-state index in [-0.39, 0.29) is 11.7 Å². The van der Waals surface area contributed by atoms with E-state index >= 15 is 0 Å². The minimum Gasteiger partial charge on any atom is -0.444 e. The number of carbonyl (C=O) groups is 2. The lowest BCUT2D eigenvalue weighted by Crippen LogP contribution is -2.47. The van der Waals surface area contributed by atoms with E-state index < -0.39 is 23.8 Å². The van der Waals surface area contributed by atoms with Gasteiger partial charge in [-0.05, 0) is 46.6 Å². The van der Waals surface area contributed by atoms with Gasteiger partial charge in [-0.15, -0.1) is 11.6 Å². The third-order valence-corrected chi connectivity index (χ3v) is 2.94. The van der Waals surface area contributed by atoms with Gasteiger partial charge in [-0.25, -0.2) is 4.79 Å². The van der Waals surface area contributed by atoms with Crippen LogP contribution in [0.3, 0.4) is 0 Å². The second-order valence-electron chi connectivity index (χ2n) is 6.57. The first-order valence-corrected chi connectivity index (χ1v) is 8.33. The number of benzene rings is 1. The van der Waals surface area contributed by atoms with Crippen LogP contribution < -0.4 is 5.32 Å². The summed E-state index contributed by atoms with van der Waals surface area (Å²) >= 11 is 5.69. The molecular formula is C18H28ClNO4. The summed E-state index contributed by atoms with van der Waals surface area (Å²) in [5, 5.41) is 12.6. The molecule has 1 amide bonds. The molecule has 0 saturated heterocycles. The fourth-order valence-corrected chi connectivity index (χ4v) is 1.93. The highest BCUT2D eigenvalue weighted by Gasteiger charge is 2.24. The summed E-state index contributed by atoms with van der Waals surface area (Å²) < 4.78 is 5.20. The number of alkyl carbamates (subject to hydrolysis) is 1. The van der Waals surface area contributed by atoms with E-state index in [9.17, 15) is 14.7 Å². The molecule has 1 aromatic rings. The quantitative estimate of drug-likeness (QED) is 0.792. The Bertz CT molecular complexity index is 495. The van der Waals surface area contributed by atoms with Crippen molar-refractivity contribution in [3.8, 4) is 0 Å². The number of hydrogen-bond donors (Lipinski definition) is 2. The van der Waals surface area contributed by atoms with Gasteiger partial charge in [0.15, 0.2) is 0 Å². The van der Waals surface area contributed by atoms with Crippen molar-refractivity contribution in [2.45, 2.75) is 58.8 Å². The van der Waals surface area contributed by atoms with Crippen molar-refractivity contribution in [1.29, 1.82) is 0 Å². The highest BCUT2D eigenvalue weighted by molar-refractivity contribution is 6.18. The number of ketones is 1. The standard InChI is InChI=1S/C15H22ClNO3.C3H6O/c1-15(2,3)20-14(19)17-12(13(18)10-16)9-11-7-5-4-6-8-11;1-3(2)4/h4-8,12-13,18H,9-10H2,1-3H3,(H,17,19);1-2H3/t12-,13-;/m0./s1. The van der Waals surface area contributed by atoms with E-state index in [1.807, 2.05) is 30.3 Å². The van der Waals surface area contributed by atoms with Gasteiger partial charge in [0.05, 0.1) is 18.0 Å². The van der Waals surface area contributed by atoms with Crippen molar-refractivity contribution in [3.63, 3.8) is 0 Å². The Balaban J connectivity index is 0.00000118. The molecular weight excluding hydrogens is 330 g/mol. The molecule has 1 rings (SSSR count). The fourth-order valence-electron chi connectivity index (χ4n) is 1.72. The summed E-state index contributed by atoms with van der Waals surface area (Å²) in [6, 6.07) is 9.12. The van der Waals surface area contributed by atoms with Crippen LogP contribution in [0.25, 0.3) is 0 Å². The zero-order valence-corrected chi connectivity index (χ0v) is 15.8. The number of alkyl halides is 1. The Morgan fingerprint density at radius 2 is 1.71 bits per heavy atom. The van der Waals surface area contributed by atoms with E-state index in [1.54, 1.807) is 20.8 Å². The van der Waals surface area contributed by atoms with Crippen LogP contribution in [0, 0.1) is 0 Å². The monoisotopic (exact) mass is 357 g/mol. The molecule has 0 fully saturated rings. The summed E-state index contributed by atoms with van der Waals surface area (Å²) in [7, 11) is 0.